The molecule has 1 heterocycles. The molecule has 0 saturated heterocycles. The van der Waals surface area contributed by atoms with Crippen LogP contribution in [-0.4, -0.2) is 18.5 Å². The topological polar surface area (TPSA) is 92.3 Å². The lowest BCUT2D eigenvalue weighted by Gasteiger charge is -2.09. The van der Waals surface area contributed by atoms with E-state index in [2.05, 4.69) is 5.32 Å². The number of rotatable bonds is 6. The Balaban J connectivity index is 1.82. The minimum absolute atomic E-state index is 0.180. The van der Waals surface area contributed by atoms with E-state index in [1.54, 1.807) is 55.5 Å². The van der Waals surface area contributed by atoms with E-state index in [9.17, 15) is 14.9 Å². The number of halogens is 1. The van der Waals surface area contributed by atoms with Crippen LogP contribution in [0.1, 0.15) is 23.0 Å². The molecule has 0 radical (unpaired) electrons. The first-order chi connectivity index (χ1) is 14.5. The maximum Gasteiger partial charge on any atom is 0.340 e. The molecule has 0 aliphatic rings. The molecule has 3 aromatic rings. The summed E-state index contributed by atoms with van der Waals surface area (Å²) in [5.74, 6) is -0.354. The fourth-order valence-corrected chi connectivity index (χ4v) is 2.88. The van der Waals surface area contributed by atoms with Gasteiger partial charge in [0.25, 0.3) is 5.91 Å². The predicted molar refractivity (Wildman–Crippen MR) is 114 cm³/mol. The lowest BCUT2D eigenvalue weighted by molar-refractivity contribution is -0.112. The summed E-state index contributed by atoms with van der Waals surface area (Å²) in [6.45, 7) is 1.90. The maximum absolute atomic E-state index is 12.6. The van der Waals surface area contributed by atoms with Crippen molar-refractivity contribution in [2.45, 2.75) is 6.92 Å². The number of carbonyl (C=O) groups excluding carboxylic acids is 2. The number of ether oxygens (including phenoxy) is 1. The van der Waals surface area contributed by atoms with Gasteiger partial charge in [-0.1, -0.05) is 35.9 Å². The average Bonchev–Trinajstić information content (AvgIpc) is 3.21. The van der Waals surface area contributed by atoms with Gasteiger partial charge in [-0.2, -0.15) is 5.26 Å². The molecule has 1 N–H and O–H groups in total. The molecule has 0 bridgehead atoms. The van der Waals surface area contributed by atoms with E-state index >= 15 is 0 Å². The van der Waals surface area contributed by atoms with Crippen molar-refractivity contribution >= 4 is 35.2 Å². The second kappa shape index (κ2) is 9.59. The number of nitrogens with zero attached hydrogens (tertiary/aromatic N) is 1. The molecular weight excluding hydrogens is 404 g/mol. The molecule has 6 nitrogen and oxygen atoms in total. The number of para-hydroxylation sites is 1. The highest BCUT2D eigenvalue weighted by atomic mass is 35.5. The summed E-state index contributed by atoms with van der Waals surface area (Å²) in [5, 5.41) is 12.6. The van der Waals surface area contributed by atoms with Crippen molar-refractivity contribution in [1.29, 1.82) is 5.26 Å². The van der Waals surface area contributed by atoms with Crippen molar-refractivity contribution in [1.82, 2.24) is 0 Å². The molecule has 150 valence electrons. The number of amides is 1. The molecule has 0 spiro atoms. The van der Waals surface area contributed by atoms with Crippen molar-refractivity contribution in [3.05, 3.63) is 82.6 Å². The Bertz CT molecular complexity index is 1160. The van der Waals surface area contributed by atoms with Crippen LogP contribution >= 0.6 is 11.6 Å². The van der Waals surface area contributed by atoms with Crippen molar-refractivity contribution in [3.8, 4) is 17.4 Å². The molecule has 0 unspecified atom stereocenters. The minimum Gasteiger partial charge on any atom is -0.462 e. The van der Waals surface area contributed by atoms with Gasteiger partial charge in [0.05, 0.1) is 17.9 Å². The van der Waals surface area contributed by atoms with Gasteiger partial charge in [0.15, 0.2) is 0 Å². The predicted octanol–water partition coefficient (Wildman–Crippen LogP) is 5.32. The molecular formula is C23H17ClN2O4. The van der Waals surface area contributed by atoms with Crippen molar-refractivity contribution in [2.75, 3.05) is 11.9 Å². The second-order valence-electron chi connectivity index (χ2n) is 6.10. The standard InChI is InChI=1S/C23H17ClN2O4/c1-2-29-23(28)19-8-3-4-9-20(19)26-22(27)16(14-25)13-18-10-11-21(30-18)15-6-5-7-17(24)12-15/h3-13H,2H2,1H3,(H,26,27). The molecule has 0 saturated carbocycles. The molecule has 7 heteroatoms. The van der Waals surface area contributed by atoms with Gasteiger partial charge in [0.1, 0.15) is 23.2 Å². The summed E-state index contributed by atoms with van der Waals surface area (Å²) in [5.41, 5.74) is 1.04. The van der Waals surface area contributed by atoms with Gasteiger partial charge in [-0.3, -0.25) is 4.79 Å². The average molecular weight is 421 g/mol. The van der Waals surface area contributed by atoms with Crippen LogP contribution in [0.3, 0.4) is 0 Å². The van der Waals surface area contributed by atoms with E-state index in [-0.39, 0.29) is 23.4 Å². The van der Waals surface area contributed by atoms with Gasteiger partial charge in [0.2, 0.25) is 0 Å². The van der Waals surface area contributed by atoms with Gasteiger partial charge in [0, 0.05) is 16.7 Å². The first kappa shape index (κ1) is 20.9. The van der Waals surface area contributed by atoms with Crippen LogP contribution in [0.25, 0.3) is 17.4 Å². The lowest BCUT2D eigenvalue weighted by Crippen LogP contribution is -2.17. The van der Waals surface area contributed by atoms with Crippen LogP contribution in [0.4, 0.5) is 5.69 Å². The third-order valence-corrected chi connectivity index (χ3v) is 4.29. The highest BCUT2D eigenvalue weighted by Gasteiger charge is 2.17. The van der Waals surface area contributed by atoms with Gasteiger partial charge in [-0.05, 0) is 43.3 Å². The molecule has 30 heavy (non-hydrogen) atoms. The SMILES string of the molecule is CCOC(=O)c1ccccc1NC(=O)C(C#N)=Cc1ccc(-c2cccc(Cl)c2)o1. The highest BCUT2D eigenvalue weighted by molar-refractivity contribution is 6.30. The van der Waals surface area contributed by atoms with Crippen LogP contribution in [-0.2, 0) is 9.53 Å². The zero-order valence-corrected chi connectivity index (χ0v) is 16.8. The zero-order valence-electron chi connectivity index (χ0n) is 16.0. The van der Waals surface area contributed by atoms with Crippen molar-refractivity contribution in [2.24, 2.45) is 0 Å². The molecule has 3 rings (SSSR count). The lowest BCUT2D eigenvalue weighted by atomic mass is 10.1. The Hall–Kier alpha value is -3.82. The fourth-order valence-electron chi connectivity index (χ4n) is 2.69. The Morgan fingerprint density at radius 3 is 2.70 bits per heavy atom. The minimum atomic E-state index is -0.671. The Kier molecular flexibility index (Phi) is 6.68. The van der Waals surface area contributed by atoms with Crippen LogP contribution < -0.4 is 5.32 Å². The van der Waals surface area contributed by atoms with Gasteiger partial charge >= 0.3 is 5.97 Å². The number of hydrogen-bond donors (Lipinski definition) is 1. The van der Waals surface area contributed by atoms with E-state index in [0.717, 1.165) is 5.56 Å². The number of furan rings is 1. The van der Waals surface area contributed by atoms with Crippen molar-refractivity contribution < 1.29 is 18.7 Å². The molecule has 0 fully saturated rings. The molecule has 0 atom stereocenters. The number of anilines is 1. The van der Waals surface area contributed by atoms with E-state index in [0.29, 0.717) is 16.5 Å². The van der Waals surface area contributed by atoms with E-state index in [1.807, 2.05) is 12.1 Å². The largest absolute Gasteiger partial charge is 0.462 e. The quantitative estimate of drug-likeness (QED) is 0.331. The molecule has 0 aliphatic carbocycles. The third kappa shape index (κ3) is 4.96. The highest BCUT2D eigenvalue weighted by Crippen LogP contribution is 2.26. The number of nitriles is 1. The number of benzene rings is 2. The fraction of sp³-hybridized carbons (Fsp3) is 0.0870. The molecule has 0 aliphatic heterocycles. The Morgan fingerprint density at radius 2 is 1.97 bits per heavy atom. The van der Waals surface area contributed by atoms with E-state index < -0.39 is 11.9 Å². The first-order valence-electron chi connectivity index (χ1n) is 9.07. The Morgan fingerprint density at radius 1 is 1.17 bits per heavy atom. The number of nitrogens with one attached hydrogen (secondary N) is 1. The number of esters is 1. The summed E-state index contributed by atoms with van der Waals surface area (Å²) in [4.78, 5) is 24.7. The maximum atomic E-state index is 12.6. The van der Waals surface area contributed by atoms with Gasteiger partial charge in [-0.15, -0.1) is 0 Å². The number of carbonyl (C=O) groups is 2. The summed E-state index contributed by atoms with van der Waals surface area (Å²) in [6, 6.07) is 18.8. The van der Waals surface area contributed by atoms with Crippen LogP contribution in [0, 0.1) is 11.3 Å². The normalized spacial score (nSPS) is 10.9. The van der Waals surface area contributed by atoms with Crippen LogP contribution in [0.2, 0.25) is 5.02 Å². The zero-order chi connectivity index (χ0) is 21.5. The molecule has 1 amide bonds. The summed E-state index contributed by atoms with van der Waals surface area (Å²) in [6.07, 6.45) is 1.33. The third-order valence-electron chi connectivity index (χ3n) is 4.06. The summed E-state index contributed by atoms with van der Waals surface area (Å²) in [7, 11) is 0. The smallest absolute Gasteiger partial charge is 0.340 e. The van der Waals surface area contributed by atoms with Crippen LogP contribution in [0.15, 0.2) is 70.7 Å². The van der Waals surface area contributed by atoms with E-state index in [4.69, 9.17) is 20.8 Å². The van der Waals surface area contributed by atoms with Crippen LogP contribution in [0.5, 0.6) is 0 Å². The second-order valence-corrected chi connectivity index (χ2v) is 6.54. The summed E-state index contributed by atoms with van der Waals surface area (Å²) >= 11 is 6.00. The number of hydrogen-bond acceptors (Lipinski definition) is 5. The Labute approximate surface area is 178 Å². The molecule has 1 aromatic heterocycles. The van der Waals surface area contributed by atoms with Gasteiger partial charge in [-0.25, -0.2) is 4.79 Å². The van der Waals surface area contributed by atoms with Crippen molar-refractivity contribution in [3.63, 3.8) is 0 Å². The molecule has 2 aromatic carbocycles. The van der Waals surface area contributed by atoms with E-state index in [1.165, 1.54) is 12.1 Å². The van der Waals surface area contributed by atoms with Gasteiger partial charge < -0.3 is 14.5 Å². The summed E-state index contributed by atoms with van der Waals surface area (Å²) < 4.78 is 10.7. The first-order valence-corrected chi connectivity index (χ1v) is 9.44. The monoisotopic (exact) mass is 420 g/mol.